The van der Waals surface area contributed by atoms with Crippen LogP contribution in [-0.4, -0.2) is 18.1 Å². The number of pyridine rings is 1. The lowest BCUT2D eigenvalue weighted by Crippen LogP contribution is -2.17. The minimum Gasteiger partial charge on any atom is -0.457 e. The molecule has 8 heteroatoms. The summed E-state index contributed by atoms with van der Waals surface area (Å²) in [4.78, 5) is 17.1. The molecule has 0 aliphatic carbocycles. The number of alkyl halides is 3. The zero-order valence-corrected chi connectivity index (χ0v) is 17.7. The van der Waals surface area contributed by atoms with Gasteiger partial charge in [0.1, 0.15) is 12.7 Å². The molecular weight excluding hydrogens is 427 g/mol. The van der Waals surface area contributed by atoms with Crippen molar-refractivity contribution in [3.05, 3.63) is 92.9 Å². The zero-order chi connectivity index (χ0) is 22.4. The third kappa shape index (κ3) is 5.80. The number of carbonyl (C=O) groups is 1. The highest BCUT2D eigenvalue weighted by Gasteiger charge is 2.30. The van der Waals surface area contributed by atoms with Gasteiger partial charge in [0.15, 0.2) is 0 Å². The van der Waals surface area contributed by atoms with E-state index in [2.05, 4.69) is 4.98 Å². The van der Waals surface area contributed by atoms with Gasteiger partial charge in [0.25, 0.3) is 0 Å². The van der Waals surface area contributed by atoms with E-state index < -0.39 is 23.8 Å². The van der Waals surface area contributed by atoms with E-state index >= 15 is 0 Å². The number of ether oxygens (including phenoxy) is 2. The van der Waals surface area contributed by atoms with Gasteiger partial charge in [0, 0.05) is 25.1 Å². The molecular formula is C23H20F3NO3S. The fraction of sp³-hybridized carbons (Fsp3) is 0.217. The fourth-order valence-corrected chi connectivity index (χ4v) is 3.78. The first-order chi connectivity index (χ1) is 14.8. The molecule has 3 rings (SSSR count). The smallest absolute Gasteiger partial charge is 0.416 e. The second-order valence-electron chi connectivity index (χ2n) is 6.79. The highest BCUT2D eigenvalue weighted by molar-refractivity contribution is 7.08. The lowest BCUT2D eigenvalue weighted by atomic mass is 10.00. The summed E-state index contributed by atoms with van der Waals surface area (Å²) in [5, 5.41) is 3.84. The Morgan fingerprint density at radius 1 is 1.23 bits per heavy atom. The van der Waals surface area contributed by atoms with Crippen LogP contribution in [-0.2, 0) is 27.1 Å². The van der Waals surface area contributed by atoms with Crippen LogP contribution in [0.15, 0.2) is 65.1 Å². The van der Waals surface area contributed by atoms with Gasteiger partial charge < -0.3 is 9.47 Å². The van der Waals surface area contributed by atoms with Crippen molar-refractivity contribution in [3.8, 4) is 0 Å². The van der Waals surface area contributed by atoms with Crippen molar-refractivity contribution in [3.63, 3.8) is 0 Å². The summed E-state index contributed by atoms with van der Waals surface area (Å²) in [7, 11) is 1.46. The average molecular weight is 447 g/mol. The Labute approximate surface area is 182 Å². The van der Waals surface area contributed by atoms with Gasteiger partial charge >= 0.3 is 12.1 Å². The first-order valence-corrected chi connectivity index (χ1v) is 10.2. The Kier molecular flexibility index (Phi) is 7.25. The van der Waals surface area contributed by atoms with Gasteiger partial charge in [0.05, 0.1) is 11.1 Å². The maximum absolute atomic E-state index is 13.0. The molecule has 0 aliphatic heterocycles. The molecule has 162 valence electrons. The maximum atomic E-state index is 13.0. The highest BCUT2D eigenvalue weighted by atomic mass is 32.1. The van der Waals surface area contributed by atoms with Crippen molar-refractivity contribution in [1.82, 2.24) is 4.98 Å². The number of nitrogens with zero attached hydrogens (tertiary/aromatic N) is 1. The minimum atomic E-state index is -4.47. The van der Waals surface area contributed by atoms with Gasteiger partial charge in [-0.15, -0.1) is 0 Å². The maximum Gasteiger partial charge on any atom is 0.416 e. The number of aromatic nitrogens is 1. The molecule has 0 aliphatic rings. The number of benzene rings is 1. The van der Waals surface area contributed by atoms with Gasteiger partial charge in [-0.05, 0) is 58.6 Å². The van der Waals surface area contributed by atoms with Crippen molar-refractivity contribution in [1.29, 1.82) is 0 Å². The molecule has 0 spiro atoms. The van der Waals surface area contributed by atoms with Crippen molar-refractivity contribution < 1.29 is 27.4 Å². The van der Waals surface area contributed by atoms with E-state index in [1.807, 2.05) is 17.7 Å². The number of rotatable bonds is 7. The van der Waals surface area contributed by atoms with E-state index in [9.17, 15) is 18.0 Å². The largest absolute Gasteiger partial charge is 0.457 e. The van der Waals surface area contributed by atoms with Crippen molar-refractivity contribution in [2.75, 3.05) is 7.11 Å². The van der Waals surface area contributed by atoms with Crippen LogP contribution >= 0.6 is 11.3 Å². The van der Waals surface area contributed by atoms with E-state index in [4.69, 9.17) is 9.47 Å². The van der Waals surface area contributed by atoms with Crippen molar-refractivity contribution in [2.45, 2.75) is 25.8 Å². The Morgan fingerprint density at radius 2 is 2.03 bits per heavy atom. The third-order valence-electron chi connectivity index (χ3n) is 4.57. The Balaban J connectivity index is 1.88. The van der Waals surface area contributed by atoms with Crippen LogP contribution in [0, 0.1) is 6.92 Å². The summed E-state index contributed by atoms with van der Waals surface area (Å²) in [5.41, 5.74) is 2.14. The van der Waals surface area contributed by atoms with Crippen LogP contribution in [0.25, 0.3) is 6.08 Å². The van der Waals surface area contributed by atoms with Crippen LogP contribution in [0.5, 0.6) is 0 Å². The van der Waals surface area contributed by atoms with Crippen LogP contribution in [0.2, 0.25) is 0 Å². The molecule has 0 bridgehead atoms. The predicted octanol–water partition coefficient (Wildman–Crippen LogP) is 5.98. The monoisotopic (exact) mass is 447 g/mol. The highest BCUT2D eigenvalue weighted by Crippen LogP contribution is 2.31. The molecule has 0 radical (unpaired) electrons. The Morgan fingerprint density at radius 3 is 2.65 bits per heavy atom. The lowest BCUT2D eigenvalue weighted by molar-refractivity contribution is -0.141. The molecule has 0 amide bonds. The molecule has 1 unspecified atom stereocenters. The number of hydrogen-bond donors (Lipinski definition) is 0. The molecule has 1 atom stereocenters. The van der Waals surface area contributed by atoms with E-state index in [1.54, 1.807) is 30.6 Å². The molecule has 0 saturated heterocycles. The zero-order valence-electron chi connectivity index (χ0n) is 16.8. The summed E-state index contributed by atoms with van der Waals surface area (Å²) in [6.45, 7) is 1.62. The molecule has 2 heterocycles. The van der Waals surface area contributed by atoms with Gasteiger partial charge in [-0.2, -0.15) is 24.5 Å². The molecule has 0 saturated carbocycles. The first-order valence-electron chi connectivity index (χ1n) is 9.30. The normalized spacial score (nSPS) is 13.1. The predicted molar refractivity (Wildman–Crippen MR) is 112 cm³/mol. The van der Waals surface area contributed by atoms with Gasteiger partial charge in [0.2, 0.25) is 0 Å². The fourth-order valence-electron chi connectivity index (χ4n) is 2.97. The van der Waals surface area contributed by atoms with E-state index in [-0.39, 0.29) is 17.7 Å². The summed E-state index contributed by atoms with van der Waals surface area (Å²) in [6, 6.07) is 8.20. The summed E-state index contributed by atoms with van der Waals surface area (Å²) in [5.74, 6) is -0.682. The second kappa shape index (κ2) is 9.89. The van der Waals surface area contributed by atoms with Gasteiger partial charge in [-0.1, -0.05) is 18.2 Å². The van der Waals surface area contributed by atoms with Gasteiger partial charge in [-0.3, -0.25) is 4.98 Å². The Hall–Kier alpha value is -2.97. The summed E-state index contributed by atoms with van der Waals surface area (Å²) in [6.07, 6.45) is -0.344. The topological polar surface area (TPSA) is 48.4 Å². The third-order valence-corrected chi connectivity index (χ3v) is 5.45. The van der Waals surface area contributed by atoms with E-state index in [0.717, 1.165) is 23.3 Å². The minimum absolute atomic E-state index is 0.226. The van der Waals surface area contributed by atoms with Crippen molar-refractivity contribution >= 4 is 23.4 Å². The van der Waals surface area contributed by atoms with Crippen LogP contribution in [0.1, 0.15) is 33.9 Å². The molecule has 1 aromatic carbocycles. The quantitative estimate of drug-likeness (QED) is 0.330. The van der Waals surface area contributed by atoms with E-state index in [1.165, 1.54) is 30.6 Å². The number of thiophene rings is 1. The molecule has 0 N–H and O–H groups in total. The SMILES string of the molecule is COC(/C(=C/c1cscc1C)C(=O)OCc1cccc(C(F)(F)F)c1)c1cccnc1. The molecule has 3 aromatic rings. The van der Waals surface area contributed by atoms with Gasteiger partial charge in [-0.25, -0.2) is 4.79 Å². The van der Waals surface area contributed by atoms with Crippen molar-refractivity contribution in [2.24, 2.45) is 0 Å². The average Bonchev–Trinajstić information content (AvgIpc) is 3.16. The van der Waals surface area contributed by atoms with Crippen LogP contribution in [0.4, 0.5) is 13.2 Å². The Bertz CT molecular complexity index is 1060. The number of hydrogen-bond acceptors (Lipinski definition) is 5. The first kappa shape index (κ1) is 22.7. The van der Waals surface area contributed by atoms with E-state index in [0.29, 0.717) is 5.56 Å². The van der Waals surface area contributed by atoms with Crippen LogP contribution in [0.3, 0.4) is 0 Å². The number of aryl methyl sites for hydroxylation is 1. The second-order valence-corrected chi connectivity index (χ2v) is 7.53. The molecule has 0 fully saturated rings. The molecule has 31 heavy (non-hydrogen) atoms. The molecule has 4 nitrogen and oxygen atoms in total. The lowest BCUT2D eigenvalue weighted by Gasteiger charge is -2.19. The number of halogens is 3. The van der Waals surface area contributed by atoms with Crippen LogP contribution < -0.4 is 0 Å². The standard InChI is InChI=1S/C23H20F3NO3S/c1-15-13-31-14-18(15)10-20(21(29-2)17-6-4-8-27-11-17)22(28)30-12-16-5-3-7-19(9-16)23(24,25)26/h3-11,13-14,21H,12H2,1-2H3/b20-10-. The number of methoxy groups -OCH3 is 1. The number of esters is 1. The summed E-state index contributed by atoms with van der Waals surface area (Å²) < 4.78 is 49.8. The number of carbonyl (C=O) groups excluding carboxylic acids is 1. The molecule has 2 aromatic heterocycles. The summed E-state index contributed by atoms with van der Waals surface area (Å²) >= 11 is 1.49.